The summed E-state index contributed by atoms with van der Waals surface area (Å²) >= 11 is 0. The van der Waals surface area contributed by atoms with Crippen LogP contribution in [0.2, 0.25) is 0 Å². The van der Waals surface area contributed by atoms with Crippen molar-refractivity contribution in [3.05, 3.63) is 22.8 Å². The van der Waals surface area contributed by atoms with Gasteiger partial charge in [-0.1, -0.05) is 39.3 Å². The first-order valence-corrected chi connectivity index (χ1v) is 14.3. The molecule has 0 radical (unpaired) electrons. The summed E-state index contributed by atoms with van der Waals surface area (Å²) in [5.74, 6) is -0.909. The zero-order valence-corrected chi connectivity index (χ0v) is 23.8. The lowest BCUT2D eigenvalue weighted by atomic mass is 9.36. The third-order valence-corrected chi connectivity index (χ3v) is 11.6. The first kappa shape index (κ1) is 28.4. The van der Waals surface area contributed by atoms with Gasteiger partial charge >= 0.3 is 11.9 Å². The van der Waals surface area contributed by atoms with E-state index in [9.17, 15) is 24.9 Å². The number of ether oxygens (including phenoxy) is 1. The van der Waals surface area contributed by atoms with Crippen LogP contribution in [0.4, 0.5) is 0 Å². The number of allylic oxidation sites excluding steroid dienone is 2. The number of hydrogen-bond acceptors (Lipinski definition) is 5. The average Bonchev–Trinajstić information content (AvgIpc) is 3.05. The highest BCUT2D eigenvalue weighted by atomic mass is 16.5. The molecule has 0 spiro atoms. The van der Waals surface area contributed by atoms with E-state index in [0.717, 1.165) is 36.8 Å². The summed E-state index contributed by atoms with van der Waals surface area (Å²) in [5, 5.41) is 32.9. The predicted octanol–water partition coefficient (Wildman–Crippen LogP) is 5.67. The number of carboxylic acid groups (broad SMARTS) is 1. The summed E-state index contributed by atoms with van der Waals surface area (Å²) in [5.41, 5.74) is 1.57. The molecule has 0 aromatic heterocycles. The minimum atomic E-state index is -0.953. The number of rotatable bonds is 5. The Bertz CT molecular complexity index is 994. The van der Waals surface area contributed by atoms with Crippen molar-refractivity contribution in [3.8, 4) is 0 Å². The molecule has 0 saturated heterocycles. The number of hydrogen-bond donors (Lipinski definition) is 3. The van der Waals surface area contributed by atoms with Crippen molar-refractivity contribution < 1.29 is 29.6 Å². The zero-order chi connectivity index (χ0) is 27.5. The molecule has 4 rings (SSSR count). The van der Waals surface area contributed by atoms with Crippen molar-refractivity contribution >= 4 is 11.9 Å². The maximum atomic E-state index is 12.6. The Labute approximate surface area is 222 Å². The van der Waals surface area contributed by atoms with E-state index in [0.29, 0.717) is 37.2 Å². The van der Waals surface area contributed by atoms with Gasteiger partial charge in [0.05, 0.1) is 12.2 Å². The zero-order valence-electron chi connectivity index (χ0n) is 23.8. The summed E-state index contributed by atoms with van der Waals surface area (Å²) in [7, 11) is 0. The Morgan fingerprint density at radius 3 is 2.30 bits per heavy atom. The monoisotopic (exact) mass is 516 g/mol. The van der Waals surface area contributed by atoms with Crippen molar-refractivity contribution in [2.75, 3.05) is 0 Å². The van der Waals surface area contributed by atoms with E-state index in [2.05, 4.69) is 27.7 Å². The maximum Gasteiger partial charge on any atom is 0.331 e. The molecule has 0 aromatic carbocycles. The fraction of sp³-hybridized carbons (Fsp3) is 0.806. The highest BCUT2D eigenvalue weighted by Crippen LogP contribution is 2.74. The number of aliphatic hydroxyl groups is 2. The average molecular weight is 517 g/mol. The Hall–Kier alpha value is -1.66. The second kappa shape index (κ2) is 9.82. The van der Waals surface area contributed by atoms with Gasteiger partial charge in [0.2, 0.25) is 0 Å². The van der Waals surface area contributed by atoms with E-state index in [1.54, 1.807) is 0 Å². The van der Waals surface area contributed by atoms with Crippen LogP contribution < -0.4 is 0 Å². The predicted molar refractivity (Wildman–Crippen MR) is 143 cm³/mol. The molecule has 4 saturated carbocycles. The standard InChI is InChI=1S/C31H48O6/c1-17(2)9-8-10-20(28(35)36)26-22-15-24(34)27-29(5)13-12-23(33)18(3)21(29)11-14-30(27,6)31(22,7)16-25(26)37-19(4)32/h9,18,21-25,27,33-34H,8,10-16H2,1-7H3,(H,35,36)/b26-20+/t18-,21-,22+,23?,24?,25?,27+,29-,30+,31+/m0/s1. The summed E-state index contributed by atoms with van der Waals surface area (Å²) in [6.07, 6.45) is 6.22. The Kier molecular flexibility index (Phi) is 7.53. The molecule has 4 fully saturated rings. The molecule has 0 bridgehead atoms. The van der Waals surface area contributed by atoms with E-state index in [-0.39, 0.29) is 40.1 Å². The molecule has 3 unspecified atom stereocenters. The van der Waals surface area contributed by atoms with Gasteiger partial charge in [0.25, 0.3) is 0 Å². The summed E-state index contributed by atoms with van der Waals surface area (Å²) < 4.78 is 5.87. The van der Waals surface area contributed by atoms with Crippen molar-refractivity contribution in [3.63, 3.8) is 0 Å². The number of fused-ring (bicyclic) bond motifs is 5. The first-order valence-electron chi connectivity index (χ1n) is 14.3. The first-order chi connectivity index (χ1) is 17.2. The molecule has 0 aromatic rings. The topological polar surface area (TPSA) is 104 Å². The lowest BCUT2D eigenvalue weighted by molar-refractivity contribution is -0.234. The minimum Gasteiger partial charge on any atom is -0.478 e. The van der Waals surface area contributed by atoms with Gasteiger partial charge < -0.3 is 20.1 Å². The molecular formula is C31H48O6. The van der Waals surface area contributed by atoms with Gasteiger partial charge in [-0.2, -0.15) is 0 Å². The van der Waals surface area contributed by atoms with Crippen LogP contribution >= 0.6 is 0 Å². The summed E-state index contributed by atoms with van der Waals surface area (Å²) in [6, 6.07) is 0. The normalized spacial score (nSPS) is 46.2. The second-order valence-corrected chi connectivity index (χ2v) is 13.6. The van der Waals surface area contributed by atoms with Crippen molar-refractivity contribution in [1.29, 1.82) is 0 Å². The molecule has 4 aliphatic carbocycles. The third-order valence-electron chi connectivity index (χ3n) is 11.6. The molecule has 0 aliphatic heterocycles. The van der Waals surface area contributed by atoms with Crippen LogP contribution in [0.3, 0.4) is 0 Å². The lowest BCUT2D eigenvalue weighted by Crippen LogP contribution is -2.65. The minimum absolute atomic E-state index is 0.0474. The molecule has 10 atom stereocenters. The lowest BCUT2D eigenvalue weighted by Gasteiger charge is -2.69. The Balaban J connectivity index is 1.82. The van der Waals surface area contributed by atoms with E-state index in [1.807, 2.05) is 19.9 Å². The van der Waals surface area contributed by atoms with Crippen molar-refractivity contribution in [1.82, 2.24) is 0 Å². The number of esters is 1. The number of carbonyl (C=O) groups excluding carboxylic acids is 1. The SMILES string of the molecule is CC(=O)OC1C[C@]2(C)[C@H](CC(O)[C@@H]3[C@@]4(C)CCC(O)[C@@H](C)[C@@H]4CC[C@]32C)/C1=C(/CCC=C(C)C)C(=O)O. The van der Waals surface area contributed by atoms with Gasteiger partial charge in [0, 0.05) is 12.5 Å². The molecule has 3 N–H and O–H groups in total. The molecule has 6 heteroatoms. The van der Waals surface area contributed by atoms with Crippen LogP contribution in [0.15, 0.2) is 22.8 Å². The van der Waals surface area contributed by atoms with Crippen LogP contribution in [-0.2, 0) is 14.3 Å². The van der Waals surface area contributed by atoms with Gasteiger partial charge in [-0.15, -0.1) is 0 Å². The van der Waals surface area contributed by atoms with E-state index in [4.69, 9.17) is 4.74 Å². The summed E-state index contributed by atoms with van der Waals surface area (Å²) in [4.78, 5) is 24.8. The van der Waals surface area contributed by atoms with Crippen LogP contribution in [0, 0.1) is 39.9 Å². The van der Waals surface area contributed by atoms with Crippen LogP contribution in [0.5, 0.6) is 0 Å². The van der Waals surface area contributed by atoms with Gasteiger partial charge in [-0.05, 0) is 111 Å². The van der Waals surface area contributed by atoms with E-state index >= 15 is 0 Å². The fourth-order valence-electron chi connectivity index (χ4n) is 9.79. The number of carbonyl (C=O) groups is 2. The molecule has 0 amide bonds. The van der Waals surface area contributed by atoms with Crippen LogP contribution in [0.1, 0.15) is 99.8 Å². The Morgan fingerprint density at radius 1 is 1.03 bits per heavy atom. The van der Waals surface area contributed by atoms with Crippen molar-refractivity contribution in [2.24, 2.45) is 39.9 Å². The molecule has 6 nitrogen and oxygen atoms in total. The van der Waals surface area contributed by atoms with Crippen LogP contribution in [-0.4, -0.2) is 45.6 Å². The van der Waals surface area contributed by atoms with Gasteiger partial charge in [-0.25, -0.2) is 4.79 Å². The van der Waals surface area contributed by atoms with Crippen LogP contribution in [0.25, 0.3) is 0 Å². The second-order valence-electron chi connectivity index (χ2n) is 13.6. The van der Waals surface area contributed by atoms with E-state index < -0.39 is 24.1 Å². The third kappa shape index (κ3) is 4.40. The maximum absolute atomic E-state index is 12.6. The molecule has 208 valence electrons. The molecule has 37 heavy (non-hydrogen) atoms. The molecule has 0 heterocycles. The smallest absolute Gasteiger partial charge is 0.331 e. The van der Waals surface area contributed by atoms with Gasteiger partial charge in [-0.3, -0.25) is 4.79 Å². The number of aliphatic carboxylic acids is 1. The highest BCUT2D eigenvalue weighted by Gasteiger charge is 2.70. The molecular weight excluding hydrogens is 468 g/mol. The number of aliphatic hydroxyl groups excluding tert-OH is 2. The van der Waals surface area contributed by atoms with E-state index in [1.165, 1.54) is 6.92 Å². The number of carboxylic acids is 1. The highest BCUT2D eigenvalue weighted by molar-refractivity contribution is 5.88. The van der Waals surface area contributed by atoms with Gasteiger partial charge in [0.1, 0.15) is 6.10 Å². The largest absolute Gasteiger partial charge is 0.478 e. The fourth-order valence-corrected chi connectivity index (χ4v) is 9.79. The Morgan fingerprint density at radius 2 is 1.70 bits per heavy atom. The quantitative estimate of drug-likeness (QED) is 0.247. The van der Waals surface area contributed by atoms with Gasteiger partial charge in [0.15, 0.2) is 0 Å². The molecule has 4 aliphatic rings. The summed E-state index contributed by atoms with van der Waals surface area (Å²) in [6.45, 7) is 14.5. The van der Waals surface area contributed by atoms with Crippen molar-refractivity contribution in [2.45, 2.75) is 118 Å².